The summed E-state index contributed by atoms with van der Waals surface area (Å²) in [4.78, 5) is 22.7. The van der Waals surface area contributed by atoms with Gasteiger partial charge in [0.15, 0.2) is 0 Å². The summed E-state index contributed by atoms with van der Waals surface area (Å²) in [5, 5.41) is 23.3. The molecule has 0 amide bonds. The maximum atomic E-state index is 11.9. The highest BCUT2D eigenvalue weighted by molar-refractivity contribution is 7.19. The van der Waals surface area contributed by atoms with Crippen LogP contribution < -0.4 is 5.56 Å². The minimum atomic E-state index is -0.434. The van der Waals surface area contributed by atoms with Crippen molar-refractivity contribution in [3.63, 3.8) is 0 Å². The average Bonchev–Trinajstić information content (AvgIpc) is 2.87. The summed E-state index contributed by atoms with van der Waals surface area (Å²) in [7, 11) is 0. The van der Waals surface area contributed by atoms with Gasteiger partial charge in [-0.15, -0.1) is 10.2 Å². The van der Waals surface area contributed by atoms with E-state index in [-0.39, 0.29) is 16.9 Å². The highest BCUT2D eigenvalue weighted by atomic mass is 32.1. The van der Waals surface area contributed by atoms with E-state index in [4.69, 9.17) is 0 Å². The van der Waals surface area contributed by atoms with Gasteiger partial charge in [0, 0.05) is 17.2 Å². The van der Waals surface area contributed by atoms with Gasteiger partial charge >= 0.3 is 0 Å². The third-order valence-corrected chi connectivity index (χ3v) is 3.94. The smallest absolute Gasteiger partial charge is 0.265 e. The molecule has 0 bridgehead atoms. The molecular weight excluding hydrogens is 294 g/mol. The molecule has 0 saturated carbocycles. The van der Waals surface area contributed by atoms with Gasteiger partial charge in [-0.3, -0.25) is 14.9 Å². The molecule has 0 atom stereocenters. The second-order valence-corrected chi connectivity index (χ2v) is 5.41. The number of aromatic nitrogens is 4. The van der Waals surface area contributed by atoms with Crippen LogP contribution in [0.15, 0.2) is 23.0 Å². The Bertz CT molecular complexity index is 930. The first-order chi connectivity index (χ1) is 9.97. The topological polar surface area (TPSA) is 103 Å². The Kier molecular flexibility index (Phi) is 2.98. The van der Waals surface area contributed by atoms with E-state index >= 15 is 0 Å². The molecular formula is C12H9N5O3S. The molecule has 0 aliphatic heterocycles. The number of aryl methyl sites for hydroxylation is 2. The first-order valence-corrected chi connectivity index (χ1v) is 6.77. The molecule has 0 aliphatic carbocycles. The lowest BCUT2D eigenvalue weighted by atomic mass is 10.1. The van der Waals surface area contributed by atoms with Gasteiger partial charge in [0.05, 0.1) is 4.92 Å². The second-order valence-electron chi connectivity index (χ2n) is 4.45. The minimum absolute atomic E-state index is 0.0488. The van der Waals surface area contributed by atoms with Gasteiger partial charge in [-0.25, -0.2) is 0 Å². The first kappa shape index (κ1) is 13.3. The predicted molar refractivity (Wildman–Crippen MR) is 76.5 cm³/mol. The lowest BCUT2D eigenvalue weighted by Gasteiger charge is -1.99. The van der Waals surface area contributed by atoms with E-state index in [0.717, 1.165) is 0 Å². The van der Waals surface area contributed by atoms with E-state index in [0.29, 0.717) is 21.1 Å². The van der Waals surface area contributed by atoms with Gasteiger partial charge < -0.3 is 0 Å². The lowest BCUT2D eigenvalue weighted by molar-refractivity contribution is -0.385. The van der Waals surface area contributed by atoms with Crippen molar-refractivity contribution < 1.29 is 4.92 Å². The van der Waals surface area contributed by atoms with Gasteiger partial charge in [0.2, 0.25) is 4.96 Å². The van der Waals surface area contributed by atoms with Gasteiger partial charge in [0.1, 0.15) is 10.7 Å². The fraction of sp³-hybridized carbons (Fsp3) is 0.167. The van der Waals surface area contributed by atoms with Crippen LogP contribution >= 0.6 is 11.3 Å². The van der Waals surface area contributed by atoms with Crippen LogP contribution in [-0.2, 0) is 0 Å². The van der Waals surface area contributed by atoms with Crippen molar-refractivity contribution in [3.8, 4) is 10.6 Å². The van der Waals surface area contributed by atoms with Gasteiger partial charge in [-0.1, -0.05) is 11.3 Å². The van der Waals surface area contributed by atoms with Crippen molar-refractivity contribution in [2.45, 2.75) is 13.8 Å². The Morgan fingerprint density at radius 3 is 2.71 bits per heavy atom. The van der Waals surface area contributed by atoms with E-state index < -0.39 is 4.92 Å². The molecule has 0 fully saturated rings. The Morgan fingerprint density at radius 2 is 2.05 bits per heavy atom. The van der Waals surface area contributed by atoms with Crippen LogP contribution in [0.2, 0.25) is 0 Å². The van der Waals surface area contributed by atoms with Crippen LogP contribution in [0, 0.1) is 24.0 Å². The molecule has 0 N–H and O–H groups in total. The maximum absolute atomic E-state index is 11.9. The second kappa shape index (κ2) is 4.70. The van der Waals surface area contributed by atoms with Gasteiger partial charge in [0.25, 0.3) is 11.2 Å². The highest BCUT2D eigenvalue weighted by Crippen LogP contribution is 2.28. The van der Waals surface area contributed by atoms with Crippen LogP contribution in [0.4, 0.5) is 5.69 Å². The Hall–Kier alpha value is -2.68. The SMILES string of the molecule is Cc1cc(-c2nn3c(=O)c(C)nnc3s2)ccc1[N+](=O)[O-]. The van der Waals surface area contributed by atoms with E-state index in [1.54, 1.807) is 26.0 Å². The van der Waals surface area contributed by atoms with Crippen molar-refractivity contribution in [1.29, 1.82) is 0 Å². The zero-order valence-electron chi connectivity index (χ0n) is 11.1. The van der Waals surface area contributed by atoms with Gasteiger partial charge in [-0.2, -0.15) is 9.61 Å². The monoisotopic (exact) mass is 303 g/mol. The molecule has 0 saturated heterocycles. The molecule has 8 nitrogen and oxygen atoms in total. The molecule has 2 aromatic heterocycles. The molecule has 9 heteroatoms. The van der Waals surface area contributed by atoms with E-state index in [1.165, 1.54) is 21.9 Å². The first-order valence-electron chi connectivity index (χ1n) is 5.96. The molecule has 3 rings (SSSR count). The summed E-state index contributed by atoms with van der Waals surface area (Å²) in [5.41, 5.74) is 1.23. The lowest BCUT2D eigenvalue weighted by Crippen LogP contribution is -2.19. The van der Waals surface area contributed by atoms with E-state index in [1.807, 2.05) is 0 Å². The summed E-state index contributed by atoms with van der Waals surface area (Å²) in [5.74, 6) is 0. The summed E-state index contributed by atoms with van der Waals surface area (Å²) >= 11 is 1.20. The summed E-state index contributed by atoms with van der Waals surface area (Å²) in [6.07, 6.45) is 0. The third-order valence-electron chi connectivity index (χ3n) is 2.99. The molecule has 0 radical (unpaired) electrons. The quantitative estimate of drug-likeness (QED) is 0.527. The Morgan fingerprint density at radius 1 is 1.29 bits per heavy atom. The minimum Gasteiger partial charge on any atom is -0.265 e. The fourth-order valence-corrected chi connectivity index (χ4v) is 2.73. The summed E-state index contributed by atoms with van der Waals surface area (Å²) in [6.45, 7) is 3.22. The number of nitrogens with zero attached hydrogens (tertiary/aromatic N) is 5. The van der Waals surface area contributed by atoms with E-state index in [9.17, 15) is 14.9 Å². The fourth-order valence-electron chi connectivity index (χ4n) is 1.90. The molecule has 0 unspecified atom stereocenters. The van der Waals surface area contributed by atoms with Crippen LogP contribution in [0.1, 0.15) is 11.3 Å². The summed E-state index contributed by atoms with van der Waals surface area (Å²) < 4.78 is 1.19. The molecule has 0 aliphatic rings. The standard InChI is InChI=1S/C12H9N5O3S/c1-6-5-8(3-4-9(6)17(19)20)10-15-16-11(18)7(2)13-14-12(16)21-10/h3-5H,1-2H3. The maximum Gasteiger partial charge on any atom is 0.296 e. The largest absolute Gasteiger partial charge is 0.296 e. The molecule has 21 heavy (non-hydrogen) atoms. The molecule has 106 valence electrons. The molecule has 0 spiro atoms. The number of nitro groups is 1. The third kappa shape index (κ3) is 2.17. The normalized spacial score (nSPS) is 11.0. The molecule has 1 aromatic carbocycles. The average molecular weight is 303 g/mol. The number of nitro benzene ring substituents is 1. The number of fused-ring (bicyclic) bond motifs is 1. The molecule has 3 aromatic rings. The van der Waals surface area contributed by atoms with Crippen LogP contribution in [0.25, 0.3) is 15.5 Å². The van der Waals surface area contributed by atoms with Crippen molar-refractivity contribution >= 4 is 22.0 Å². The molecule has 2 heterocycles. The number of rotatable bonds is 2. The van der Waals surface area contributed by atoms with Crippen molar-refractivity contribution in [3.05, 3.63) is 49.9 Å². The number of benzene rings is 1. The van der Waals surface area contributed by atoms with Crippen molar-refractivity contribution in [1.82, 2.24) is 19.8 Å². The van der Waals surface area contributed by atoms with Crippen LogP contribution in [-0.4, -0.2) is 24.7 Å². The Balaban J connectivity index is 2.17. The zero-order chi connectivity index (χ0) is 15.1. The van der Waals surface area contributed by atoms with Crippen LogP contribution in [0.5, 0.6) is 0 Å². The predicted octanol–water partition coefficient (Wildman–Crippen LogP) is 1.74. The highest BCUT2D eigenvalue weighted by Gasteiger charge is 2.15. The van der Waals surface area contributed by atoms with Crippen molar-refractivity contribution in [2.75, 3.05) is 0 Å². The van der Waals surface area contributed by atoms with Crippen molar-refractivity contribution in [2.24, 2.45) is 0 Å². The number of hydrogen-bond acceptors (Lipinski definition) is 7. The number of hydrogen-bond donors (Lipinski definition) is 0. The van der Waals surface area contributed by atoms with Crippen LogP contribution in [0.3, 0.4) is 0 Å². The summed E-state index contributed by atoms with van der Waals surface area (Å²) in [6, 6.07) is 4.70. The van der Waals surface area contributed by atoms with Gasteiger partial charge in [-0.05, 0) is 26.0 Å². The van der Waals surface area contributed by atoms with E-state index in [2.05, 4.69) is 15.3 Å². The zero-order valence-corrected chi connectivity index (χ0v) is 11.9. The Labute approximate surface area is 121 Å².